The summed E-state index contributed by atoms with van der Waals surface area (Å²) in [6.07, 6.45) is 3.09. The van der Waals surface area contributed by atoms with Crippen molar-refractivity contribution in [3.63, 3.8) is 0 Å². The van der Waals surface area contributed by atoms with E-state index in [2.05, 4.69) is 64.6 Å². The van der Waals surface area contributed by atoms with Gasteiger partial charge in [-0.05, 0) is 70.6 Å². The predicted octanol–water partition coefficient (Wildman–Crippen LogP) is 5.19. The summed E-state index contributed by atoms with van der Waals surface area (Å²) >= 11 is 0. The van der Waals surface area contributed by atoms with E-state index < -0.39 is 0 Å². The minimum absolute atomic E-state index is 0.135. The fourth-order valence-corrected chi connectivity index (χ4v) is 5.21. The van der Waals surface area contributed by atoms with Gasteiger partial charge in [0, 0.05) is 30.6 Å². The van der Waals surface area contributed by atoms with Crippen molar-refractivity contribution in [1.29, 1.82) is 0 Å². The molecule has 4 rings (SSSR count). The molecule has 1 spiro atoms. The molecular weight excluding hydrogens is 386 g/mol. The molecule has 1 N–H and O–H groups in total. The Hall–Kier alpha value is -1.85. The lowest BCUT2D eigenvalue weighted by Crippen LogP contribution is -2.52. The highest BCUT2D eigenvalue weighted by molar-refractivity contribution is 6.14. The molecule has 5 heteroatoms. The zero-order chi connectivity index (χ0) is 22.3. The summed E-state index contributed by atoms with van der Waals surface area (Å²) in [6, 6.07) is 7.35. The Morgan fingerprint density at radius 2 is 1.77 bits per heavy atom. The maximum Gasteiger partial charge on any atom is 0.201 e. The van der Waals surface area contributed by atoms with E-state index in [0.717, 1.165) is 54.5 Å². The van der Waals surface area contributed by atoms with Crippen LogP contribution in [0, 0.1) is 5.92 Å². The van der Waals surface area contributed by atoms with Crippen LogP contribution in [0.4, 0.5) is 0 Å². The van der Waals surface area contributed by atoms with Gasteiger partial charge >= 0.3 is 0 Å². The van der Waals surface area contributed by atoms with E-state index >= 15 is 0 Å². The smallest absolute Gasteiger partial charge is 0.201 e. The second kappa shape index (κ2) is 8.59. The molecule has 2 aliphatic heterocycles. The van der Waals surface area contributed by atoms with Crippen LogP contribution in [0.1, 0.15) is 71.6 Å². The lowest BCUT2D eigenvalue weighted by Gasteiger charge is -2.44. The van der Waals surface area contributed by atoms with Crippen LogP contribution in [0.5, 0.6) is 5.88 Å². The molecule has 0 radical (unpaired) electrons. The summed E-state index contributed by atoms with van der Waals surface area (Å²) in [5, 5.41) is 12.3. The summed E-state index contributed by atoms with van der Waals surface area (Å²) in [5.41, 5.74) is 4.00. The Morgan fingerprint density at radius 1 is 1.06 bits per heavy atom. The fraction of sp³-hybridized carbons (Fsp3) is 0.654. The summed E-state index contributed by atoms with van der Waals surface area (Å²) in [7, 11) is 0. The highest BCUT2D eigenvalue weighted by Gasteiger charge is 2.39. The number of ether oxygens (including phenoxy) is 1. The first kappa shape index (κ1) is 22.3. The highest BCUT2D eigenvalue weighted by Crippen LogP contribution is 2.38. The molecule has 5 nitrogen and oxygen atoms in total. The molecule has 0 bridgehead atoms. The van der Waals surface area contributed by atoms with Gasteiger partial charge in [-0.25, -0.2) is 0 Å². The molecule has 1 aromatic heterocycles. The van der Waals surface area contributed by atoms with Crippen molar-refractivity contribution in [1.82, 2.24) is 9.47 Å². The van der Waals surface area contributed by atoms with E-state index in [1.165, 1.54) is 5.56 Å². The molecule has 31 heavy (non-hydrogen) atoms. The van der Waals surface area contributed by atoms with Crippen LogP contribution in [-0.4, -0.2) is 58.2 Å². The second-order valence-corrected chi connectivity index (χ2v) is 10.5. The number of aromatic nitrogens is 1. The Morgan fingerprint density at radius 3 is 2.32 bits per heavy atom. The molecule has 0 amide bonds. The van der Waals surface area contributed by atoms with Crippen LogP contribution in [0.25, 0.3) is 10.9 Å². The average molecular weight is 426 g/mol. The van der Waals surface area contributed by atoms with Crippen molar-refractivity contribution in [3.8, 4) is 5.88 Å². The van der Waals surface area contributed by atoms with Gasteiger partial charge in [0.15, 0.2) is 0 Å². The molecule has 0 unspecified atom stereocenters. The zero-order valence-electron chi connectivity index (χ0n) is 20.1. The van der Waals surface area contributed by atoms with E-state index in [9.17, 15) is 5.11 Å². The number of rotatable bonds is 5. The first-order chi connectivity index (χ1) is 14.7. The number of nitrogens with zero attached hydrogens (tertiary/aromatic N) is 3. The second-order valence-electron chi connectivity index (χ2n) is 10.5. The van der Waals surface area contributed by atoms with Crippen molar-refractivity contribution in [2.75, 3.05) is 26.2 Å². The monoisotopic (exact) mass is 425 g/mol. The third kappa shape index (κ3) is 4.27. The third-order valence-electron chi connectivity index (χ3n) is 7.00. The predicted molar refractivity (Wildman–Crippen MR) is 129 cm³/mol. The topological polar surface area (TPSA) is 50.0 Å². The number of benzene rings is 1. The van der Waals surface area contributed by atoms with Crippen LogP contribution < -0.4 is 0 Å². The van der Waals surface area contributed by atoms with Crippen LogP contribution in [-0.2, 0) is 11.2 Å². The minimum atomic E-state index is -0.135. The molecule has 0 atom stereocenters. The number of hydrogen-bond acceptors (Lipinski definition) is 4. The van der Waals surface area contributed by atoms with Crippen molar-refractivity contribution in [2.45, 2.75) is 78.5 Å². The average Bonchev–Trinajstić information content (AvgIpc) is 3.00. The SMILES string of the molecule is CC(C)Cc1ccc2c(c1)c(C1=NCC3(CCN(C(C)C)CC3)OC1)c(O)n2C(C)C. The number of aliphatic imine (C=N–C) groups is 1. The quantitative estimate of drug-likeness (QED) is 0.717. The zero-order valence-corrected chi connectivity index (χ0v) is 20.1. The number of aromatic hydroxyl groups is 1. The first-order valence-electron chi connectivity index (χ1n) is 12.0. The van der Waals surface area contributed by atoms with Gasteiger partial charge < -0.3 is 19.3 Å². The van der Waals surface area contributed by atoms with E-state index in [4.69, 9.17) is 9.73 Å². The number of likely N-dealkylation sites (tertiary alicyclic amines) is 1. The van der Waals surface area contributed by atoms with Gasteiger partial charge in [-0.15, -0.1) is 0 Å². The maximum atomic E-state index is 11.2. The van der Waals surface area contributed by atoms with E-state index in [1.807, 2.05) is 4.57 Å². The third-order valence-corrected chi connectivity index (χ3v) is 7.00. The summed E-state index contributed by atoms with van der Waals surface area (Å²) in [4.78, 5) is 7.54. The van der Waals surface area contributed by atoms with Crippen molar-refractivity contribution in [2.24, 2.45) is 10.9 Å². The standard InChI is InChI=1S/C26H39N3O2/c1-17(2)13-20-7-8-23-21(14-20)24(25(30)29(23)19(5)6)22-15-31-26(16-27-22)9-11-28(12-10-26)18(3)4/h7-8,14,17-19,30H,9-13,15-16H2,1-6H3. The molecule has 1 saturated heterocycles. The van der Waals surface area contributed by atoms with E-state index in [1.54, 1.807) is 0 Å². The molecule has 0 saturated carbocycles. The molecule has 3 heterocycles. The van der Waals surface area contributed by atoms with Crippen LogP contribution in [0.15, 0.2) is 23.2 Å². The molecule has 1 aromatic carbocycles. The van der Waals surface area contributed by atoms with Crippen molar-refractivity contribution in [3.05, 3.63) is 29.3 Å². The fourth-order valence-electron chi connectivity index (χ4n) is 5.21. The van der Waals surface area contributed by atoms with Gasteiger partial charge in [0.25, 0.3) is 0 Å². The van der Waals surface area contributed by atoms with E-state index in [0.29, 0.717) is 31.0 Å². The number of fused-ring (bicyclic) bond motifs is 1. The maximum absolute atomic E-state index is 11.2. The van der Waals surface area contributed by atoms with E-state index in [-0.39, 0.29) is 11.6 Å². The van der Waals surface area contributed by atoms with Gasteiger partial charge in [0.2, 0.25) is 5.88 Å². The highest BCUT2D eigenvalue weighted by atomic mass is 16.5. The first-order valence-corrected chi connectivity index (χ1v) is 12.0. The molecule has 170 valence electrons. The van der Waals surface area contributed by atoms with Gasteiger partial charge in [-0.2, -0.15) is 0 Å². The van der Waals surface area contributed by atoms with Crippen LogP contribution in [0.2, 0.25) is 0 Å². The van der Waals surface area contributed by atoms with Crippen molar-refractivity contribution >= 4 is 16.6 Å². The van der Waals surface area contributed by atoms with Gasteiger partial charge in [-0.1, -0.05) is 19.9 Å². The molecule has 2 aliphatic rings. The summed E-state index contributed by atoms with van der Waals surface area (Å²) in [5.74, 6) is 0.910. The largest absolute Gasteiger partial charge is 0.494 e. The molecular formula is C26H39N3O2. The van der Waals surface area contributed by atoms with Crippen molar-refractivity contribution < 1.29 is 9.84 Å². The van der Waals surface area contributed by atoms with Crippen LogP contribution >= 0.6 is 0 Å². The summed E-state index contributed by atoms with van der Waals surface area (Å²) < 4.78 is 8.52. The number of hydrogen-bond donors (Lipinski definition) is 1. The summed E-state index contributed by atoms with van der Waals surface area (Å²) in [6.45, 7) is 16.5. The molecule has 0 aliphatic carbocycles. The Balaban J connectivity index is 1.67. The Bertz CT molecular complexity index is 963. The Labute approximate surface area is 187 Å². The lowest BCUT2D eigenvalue weighted by atomic mass is 9.89. The molecule has 1 fully saturated rings. The van der Waals surface area contributed by atoms with Gasteiger partial charge in [-0.3, -0.25) is 4.99 Å². The van der Waals surface area contributed by atoms with Crippen LogP contribution in [0.3, 0.4) is 0 Å². The Kier molecular flexibility index (Phi) is 6.19. The minimum Gasteiger partial charge on any atom is -0.494 e. The van der Waals surface area contributed by atoms with Gasteiger partial charge in [0.05, 0.1) is 35.5 Å². The normalized spacial score (nSPS) is 19.8. The van der Waals surface area contributed by atoms with Gasteiger partial charge in [0.1, 0.15) is 0 Å². The molecule has 2 aromatic rings. The lowest BCUT2D eigenvalue weighted by molar-refractivity contribution is -0.0713. The number of piperidine rings is 1.